The second-order valence-electron chi connectivity index (χ2n) is 11.2. The number of carbonyl (C=O) groups excluding carboxylic acids is 3. The molecule has 8 nitrogen and oxygen atoms in total. The van der Waals surface area contributed by atoms with Gasteiger partial charge in [0.05, 0.1) is 50.3 Å². The molecule has 0 rings (SSSR count). The van der Waals surface area contributed by atoms with E-state index in [0.717, 1.165) is 68.9 Å². The van der Waals surface area contributed by atoms with E-state index in [4.69, 9.17) is 4.74 Å². The van der Waals surface area contributed by atoms with Gasteiger partial charge in [-0.3, -0.25) is 9.59 Å². The molecule has 0 amide bonds. The topological polar surface area (TPSA) is 118 Å². The van der Waals surface area contributed by atoms with E-state index in [9.17, 15) is 27.4 Å². The van der Waals surface area contributed by atoms with Gasteiger partial charge in [0.1, 0.15) is 11.6 Å². The maximum atomic E-state index is 12.4. The predicted octanol–water partition coefficient (Wildman–Crippen LogP) is 5.19. The second-order valence-corrected chi connectivity index (χ2v) is 12.7. The van der Waals surface area contributed by atoms with Crippen LogP contribution in [0.15, 0.2) is 0 Å². The monoisotopic (exact) mass is 547 g/mol. The van der Waals surface area contributed by atoms with Crippen molar-refractivity contribution in [2.75, 3.05) is 40.0 Å². The van der Waals surface area contributed by atoms with Crippen molar-refractivity contribution in [3.05, 3.63) is 0 Å². The van der Waals surface area contributed by atoms with Gasteiger partial charge in [-0.1, -0.05) is 44.9 Å². The Kier molecular flexibility index (Phi) is 19.9. The summed E-state index contributed by atoms with van der Waals surface area (Å²) < 4.78 is 37.8. The summed E-state index contributed by atoms with van der Waals surface area (Å²) in [4.78, 5) is 35.4. The number of methoxy groups -OCH3 is 1. The Balaban J connectivity index is 3.82. The molecule has 0 aromatic carbocycles. The Morgan fingerprint density at radius 3 is 1.78 bits per heavy atom. The molecular weight excluding hydrogens is 494 g/mol. The summed E-state index contributed by atoms with van der Waals surface area (Å²) in [5.74, 6) is -0.625. The summed E-state index contributed by atoms with van der Waals surface area (Å²) in [5.41, 5.74) is 0. The molecule has 0 radical (unpaired) electrons. The van der Waals surface area contributed by atoms with Gasteiger partial charge in [0.15, 0.2) is 0 Å². The highest BCUT2D eigenvalue weighted by Crippen LogP contribution is 2.19. The number of ketones is 2. The van der Waals surface area contributed by atoms with Crippen LogP contribution >= 0.6 is 0 Å². The molecule has 0 aliphatic carbocycles. The lowest BCUT2D eigenvalue weighted by Gasteiger charge is -2.30. The van der Waals surface area contributed by atoms with Crippen LogP contribution in [-0.2, 0) is 29.2 Å². The van der Waals surface area contributed by atoms with E-state index in [1.54, 1.807) is 6.92 Å². The van der Waals surface area contributed by atoms with E-state index in [1.807, 2.05) is 0 Å². The summed E-state index contributed by atoms with van der Waals surface area (Å²) in [5, 5.41) is 0. The van der Waals surface area contributed by atoms with Gasteiger partial charge in [0.2, 0.25) is 0 Å². The fraction of sp³-hybridized carbons (Fsp3) is 0.893. The Bertz CT molecular complexity index is 750. The summed E-state index contributed by atoms with van der Waals surface area (Å²) in [7, 11) is 1.57. The normalized spacial score (nSPS) is 12.9. The van der Waals surface area contributed by atoms with E-state index >= 15 is 0 Å². The average Bonchev–Trinajstić information content (AvgIpc) is 2.80. The number of nitrogens with zero attached hydrogens (tertiary/aromatic N) is 1. The Labute approximate surface area is 226 Å². The van der Waals surface area contributed by atoms with E-state index in [0.29, 0.717) is 25.7 Å². The van der Waals surface area contributed by atoms with Gasteiger partial charge in [0, 0.05) is 25.0 Å². The van der Waals surface area contributed by atoms with E-state index < -0.39 is 10.1 Å². The molecule has 0 aromatic rings. The molecule has 1 atom stereocenters. The van der Waals surface area contributed by atoms with Crippen LogP contribution < -0.4 is 0 Å². The van der Waals surface area contributed by atoms with Crippen molar-refractivity contribution in [1.29, 1.82) is 0 Å². The molecule has 0 heterocycles. The number of Topliss-reactive ketones (excluding diaryl/α,β-unsaturated/α-hetero) is 2. The standard InChI is InChI=1S/C28H53NO7S/c1-25(30)18-12-11-13-19-26(28(32)36-4)24-27(31)20-14-9-7-5-6-8-10-15-21-29(2,3)22-16-17-23-37(33,34)35/h26H,5-24H2,1-4H3. The number of ether oxygens (including phenoxy) is 1. The largest absolute Gasteiger partial charge is 0.748 e. The highest BCUT2D eigenvalue weighted by Gasteiger charge is 2.22. The van der Waals surface area contributed by atoms with Crippen LogP contribution in [0.2, 0.25) is 0 Å². The van der Waals surface area contributed by atoms with Crippen LogP contribution in [0.25, 0.3) is 0 Å². The third kappa shape index (κ3) is 23.5. The van der Waals surface area contributed by atoms with E-state index in [-0.39, 0.29) is 35.6 Å². The number of hydrogen-bond donors (Lipinski definition) is 0. The Morgan fingerprint density at radius 2 is 1.24 bits per heavy atom. The smallest absolute Gasteiger partial charge is 0.309 e. The van der Waals surface area contributed by atoms with Gasteiger partial charge >= 0.3 is 5.97 Å². The molecule has 218 valence electrons. The molecule has 0 fully saturated rings. The highest BCUT2D eigenvalue weighted by molar-refractivity contribution is 7.85. The van der Waals surface area contributed by atoms with Crippen molar-refractivity contribution >= 4 is 27.7 Å². The van der Waals surface area contributed by atoms with E-state index in [1.165, 1.54) is 32.8 Å². The van der Waals surface area contributed by atoms with E-state index in [2.05, 4.69) is 14.1 Å². The Hall–Kier alpha value is -1.32. The quantitative estimate of drug-likeness (QED) is 0.0668. The van der Waals surface area contributed by atoms with Gasteiger partial charge < -0.3 is 18.6 Å². The van der Waals surface area contributed by atoms with Gasteiger partial charge in [-0.15, -0.1) is 0 Å². The van der Waals surface area contributed by atoms with Crippen LogP contribution in [0.5, 0.6) is 0 Å². The van der Waals surface area contributed by atoms with Gasteiger partial charge in [-0.05, 0) is 51.9 Å². The fourth-order valence-electron chi connectivity index (χ4n) is 4.64. The molecule has 0 saturated heterocycles. The van der Waals surface area contributed by atoms with Crippen LogP contribution in [0.3, 0.4) is 0 Å². The van der Waals surface area contributed by atoms with Gasteiger partial charge in [-0.25, -0.2) is 8.42 Å². The minimum atomic E-state index is -4.10. The molecule has 0 aliphatic heterocycles. The SMILES string of the molecule is COC(=O)C(CCCCCC(C)=O)CC(=O)CCCCCCCCCC[N+](C)(C)CCCCS(=O)(=O)[O-]. The zero-order valence-corrected chi connectivity index (χ0v) is 24.7. The van der Waals surface area contributed by atoms with Crippen molar-refractivity contribution < 1.29 is 36.6 Å². The lowest BCUT2D eigenvalue weighted by atomic mass is 9.93. The predicted molar refractivity (Wildman–Crippen MR) is 146 cm³/mol. The number of hydrogen-bond acceptors (Lipinski definition) is 7. The Morgan fingerprint density at radius 1 is 0.757 bits per heavy atom. The molecule has 0 aromatic heterocycles. The first-order chi connectivity index (χ1) is 17.4. The average molecular weight is 548 g/mol. The number of unbranched alkanes of at least 4 members (excludes halogenated alkanes) is 10. The molecule has 1 unspecified atom stereocenters. The minimum absolute atomic E-state index is 0.134. The number of quaternary nitrogens is 1. The van der Waals surface area contributed by atoms with Crippen molar-refractivity contribution in [1.82, 2.24) is 0 Å². The molecule has 37 heavy (non-hydrogen) atoms. The lowest BCUT2D eigenvalue weighted by molar-refractivity contribution is -0.890. The molecule has 9 heteroatoms. The fourth-order valence-corrected chi connectivity index (χ4v) is 5.20. The third-order valence-corrected chi connectivity index (χ3v) is 7.76. The summed E-state index contributed by atoms with van der Waals surface area (Å²) in [6.07, 6.45) is 14.6. The number of esters is 1. The summed E-state index contributed by atoms with van der Waals surface area (Å²) >= 11 is 0. The molecule has 0 spiro atoms. The van der Waals surface area contributed by atoms with Crippen molar-refractivity contribution in [3.8, 4) is 0 Å². The van der Waals surface area contributed by atoms with Crippen molar-refractivity contribution in [2.24, 2.45) is 5.92 Å². The first kappa shape index (κ1) is 35.7. The van der Waals surface area contributed by atoms with Crippen LogP contribution in [0.1, 0.15) is 116 Å². The highest BCUT2D eigenvalue weighted by atomic mass is 32.2. The van der Waals surface area contributed by atoms with Gasteiger partial charge in [0.25, 0.3) is 0 Å². The van der Waals surface area contributed by atoms with Crippen LogP contribution in [0, 0.1) is 5.92 Å². The summed E-state index contributed by atoms with van der Waals surface area (Å²) in [6.45, 7) is 3.52. The third-order valence-electron chi connectivity index (χ3n) is 6.97. The first-order valence-corrected chi connectivity index (χ1v) is 15.8. The molecule has 0 bridgehead atoms. The first-order valence-electron chi connectivity index (χ1n) is 14.2. The zero-order chi connectivity index (χ0) is 28.2. The zero-order valence-electron chi connectivity index (χ0n) is 23.9. The van der Waals surface area contributed by atoms with Crippen LogP contribution in [-0.4, -0.2) is 75.0 Å². The van der Waals surface area contributed by atoms with Crippen molar-refractivity contribution in [3.63, 3.8) is 0 Å². The molecule has 0 saturated carbocycles. The molecule has 0 aliphatic rings. The second kappa shape index (κ2) is 20.6. The molecule has 0 N–H and O–H groups in total. The van der Waals surface area contributed by atoms with Crippen molar-refractivity contribution in [2.45, 2.75) is 116 Å². The molecular formula is C28H53NO7S. The number of rotatable bonds is 25. The maximum absolute atomic E-state index is 12.4. The maximum Gasteiger partial charge on any atom is 0.309 e. The lowest BCUT2D eigenvalue weighted by Crippen LogP contribution is -2.41. The van der Waals surface area contributed by atoms with Crippen LogP contribution in [0.4, 0.5) is 0 Å². The van der Waals surface area contributed by atoms with Gasteiger partial charge in [-0.2, -0.15) is 0 Å². The summed E-state index contributed by atoms with van der Waals surface area (Å²) in [6, 6.07) is 0. The number of carbonyl (C=O) groups is 3. The minimum Gasteiger partial charge on any atom is -0.748 e.